The summed E-state index contributed by atoms with van der Waals surface area (Å²) in [5.74, 6) is -1.05. The van der Waals surface area contributed by atoms with Gasteiger partial charge in [-0.25, -0.2) is 9.59 Å². The predicted molar refractivity (Wildman–Crippen MR) is 79.6 cm³/mol. The first-order chi connectivity index (χ1) is 9.43. The molecule has 110 valence electrons. The number of amides is 2. The highest BCUT2D eigenvalue weighted by molar-refractivity contribution is 6.42. The highest BCUT2D eigenvalue weighted by Gasteiger charge is 2.19. The van der Waals surface area contributed by atoms with Crippen LogP contribution < -0.4 is 10.6 Å². The monoisotopic (exact) mass is 318 g/mol. The van der Waals surface area contributed by atoms with Gasteiger partial charge >= 0.3 is 12.0 Å². The first-order valence-electron chi connectivity index (χ1n) is 6.19. The van der Waals surface area contributed by atoms with E-state index in [9.17, 15) is 9.59 Å². The van der Waals surface area contributed by atoms with Crippen molar-refractivity contribution in [2.24, 2.45) is 0 Å². The summed E-state index contributed by atoms with van der Waals surface area (Å²) >= 11 is 11.6. The minimum atomic E-state index is -1.05. The number of benzene rings is 1. The standard InChI is InChI=1S/C13H16Cl2N2O3/c1-2-3-4-11(12(18)19)17-13(20)16-8-5-6-9(14)10(15)7-8/h5-7,11H,2-4H2,1H3,(H,18,19)(H2,16,17,20)/t11-/m0/s1. The summed E-state index contributed by atoms with van der Waals surface area (Å²) in [6, 6.07) is 3.12. The molecule has 0 spiro atoms. The molecule has 1 atom stereocenters. The molecule has 1 aromatic rings. The van der Waals surface area contributed by atoms with Crippen LogP contribution in [0.4, 0.5) is 10.5 Å². The average Bonchev–Trinajstić information content (AvgIpc) is 2.38. The molecular weight excluding hydrogens is 303 g/mol. The zero-order chi connectivity index (χ0) is 15.1. The maximum Gasteiger partial charge on any atom is 0.326 e. The van der Waals surface area contributed by atoms with Gasteiger partial charge in [-0.05, 0) is 24.6 Å². The molecule has 0 fully saturated rings. The summed E-state index contributed by atoms with van der Waals surface area (Å²) in [7, 11) is 0. The van der Waals surface area contributed by atoms with E-state index in [1.54, 1.807) is 12.1 Å². The van der Waals surface area contributed by atoms with Gasteiger partial charge in [0, 0.05) is 5.69 Å². The Bertz CT molecular complexity index is 495. The molecule has 20 heavy (non-hydrogen) atoms. The lowest BCUT2D eigenvalue weighted by Crippen LogP contribution is -2.42. The van der Waals surface area contributed by atoms with Crippen LogP contribution in [-0.2, 0) is 4.79 Å². The van der Waals surface area contributed by atoms with Crippen LogP contribution >= 0.6 is 23.2 Å². The highest BCUT2D eigenvalue weighted by Crippen LogP contribution is 2.24. The number of nitrogens with one attached hydrogen (secondary N) is 2. The molecule has 0 saturated carbocycles. The Morgan fingerprint density at radius 3 is 2.55 bits per heavy atom. The maximum absolute atomic E-state index is 11.7. The number of anilines is 1. The Kier molecular flexibility index (Phi) is 6.61. The van der Waals surface area contributed by atoms with Gasteiger partial charge in [0.1, 0.15) is 6.04 Å². The number of unbranched alkanes of at least 4 members (excludes halogenated alkanes) is 1. The smallest absolute Gasteiger partial charge is 0.326 e. The number of carbonyl (C=O) groups is 2. The van der Waals surface area contributed by atoms with Gasteiger partial charge in [0.2, 0.25) is 0 Å². The first-order valence-corrected chi connectivity index (χ1v) is 6.95. The Labute approximate surface area is 127 Å². The third kappa shape index (κ3) is 5.27. The molecule has 3 N–H and O–H groups in total. The zero-order valence-electron chi connectivity index (χ0n) is 11.0. The average molecular weight is 319 g/mol. The van der Waals surface area contributed by atoms with Gasteiger partial charge in [0.15, 0.2) is 0 Å². The van der Waals surface area contributed by atoms with Gasteiger partial charge in [-0.1, -0.05) is 43.0 Å². The lowest BCUT2D eigenvalue weighted by Gasteiger charge is -2.15. The van der Waals surface area contributed by atoms with Gasteiger partial charge in [0.05, 0.1) is 10.0 Å². The van der Waals surface area contributed by atoms with Crippen LogP contribution in [0, 0.1) is 0 Å². The number of urea groups is 1. The fourth-order valence-electron chi connectivity index (χ4n) is 1.56. The Morgan fingerprint density at radius 1 is 1.30 bits per heavy atom. The molecule has 5 nitrogen and oxygen atoms in total. The molecule has 0 bridgehead atoms. The van der Waals surface area contributed by atoms with E-state index < -0.39 is 18.0 Å². The third-order valence-corrected chi connectivity index (χ3v) is 3.37. The van der Waals surface area contributed by atoms with Crippen LogP contribution in [0.25, 0.3) is 0 Å². The van der Waals surface area contributed by atoms with E-state index in [0.717, 1.165) is 12.8 Å². The van der Waals surface area contributed by atoms with Crippen LogP contribution in [-0.4, -0.2) is 23.1 Å². The molecule has 1 aromatic carbocycles. The molecule has 2 amide bonds. The summed E-state index contributed by atoms with van der Waals surface area (Å²) in [5.41, 5.74) is 0.441. The summed E-state index contributed by atoms with van der Waals surface area (Å²) in [6.45, 7) is 1.95. The largest absolute Gasteiger partial charge is 0.480 e. The van der Waals surface area contributed by atoms with E-state index >= 15 is 0 Å². The molecule has 0 heterocycles. The summed E-state index contributed by atoms with van der Waals surface area (Å²) in [5, 5.41) is 14.6. The summed E-state index contributed by atoms with van der Waals surface area (Å²) in [4.78, 5) is 22.7. The fourth-order valence-corrected chi connectivity index (χ4v) is 1.86. The van der Waals surface area contributed by atoms with Crippen molar-refractivity contribution < 1.29 is 14.7 Å². The minimum Gasteiger partial charge on any atom is -0.480 e. The number of hydrogen-bond acceptors (Lipinski definition) is 2. The predicted octanol–water partition coefficient (Wildman–Crippen LogP) is 3.76. The van der Waals surface area contributed by atoms with Gasteiger partial charge in [0.25, 0.3) is 0 Å². The van der Waals surface area contributed by atoms with Crippen molar-refractivity contribution in [3.8, 4) is 0 Å². The molecule has 0 aliphatic rings. The Morgan fingerprint density at radius 2 is 2.00 bits per heavy atom. The molecular formula is C13H16Cl2N2O3. The van der Waals surface area contributed by atoms with Crippen LogP contribution in [0.3, 0.4) is 0 Å². The second-order valence-corrected chi connectivity index (χ2v) is 5.07. The number of rotatable bonds is 6. The lowest BCUT2D eigenvalue weighted by atomic mass is 10.1. The van der Waals surface area contributed by atoms with Gasteiger partial charge in [-0.2, -0.15) is 0 Å². The Hall–Kier alpha value is -1.46. The second kappa shape index (κ2) is 7.97. The van der Waals surface area contributed by atoms with Crippen molar-refractivity contribution in [1.82, 2.24) is 5.32 Å². The van der Waals surface area contributed by atoms with Crippen molar-refractivity contribution >= 4 is 40.9 Å². The van der Waals surface area contributed by atoms with Crippen LogP contribution in [0.15, 0.2) is 18.2 Å². The quantitative estimate of drug-likeness (QED) is 0.747. The molecule has 1 rings (SSSR count). The van der Waals surface area contributed by atoms with Crippen molar-refractivity contribution in [1.29, 1.82) is 0 Å². The molecule has 0 aliphatic carbocycles. The summed E-state index contributed by atoms with van der Waals surface area (Å²) in [6.07, 6.45) is 1.98. The second-order valence-electron chi connectivity index (χ2n) is 4.26. The number of carbonyl (C=O) groups excluding carboxylic acids is 1. The van der Waals surface area contributed by atoms with Crippen molar-refractivity contribution in [2.75, 3.05) is 5.32 Å². The van der Waals surface area contributed by atoms with Crippen molar-refractivity contribution in [2.45, 2.75) is 32.2 Å². The number of halogens is 2. The fraction of sp³-hybridized carbons (Fsp3) is 0.385. The van der Waals surface area contributed by atoms with E-state index in [1.165, 1.54) is 6.07 Å². The molecule has 0 unspecified atom stereocenters. The molecule has 0 saturated heterocycles. The topological polar surface area (TPSA) is 78.4 Å². The van der Waals surface area contributed by atoms with Crippen molar-refractivity contribution in [3.63, 3.8) is 0 Å². The Balaban J connectivity index is 2.60. The van der Waals surface area contributed by atoms with Crippen LogP contribution in [0.2, 0.25) is 10.0 Å². The van der Waals surface area contributed by atoms with E-state index in [-0.39, 0.29) is 0 Å². The van der Waals surface area contributed by atoms with Crippen LogP contribution in [0.5, 0.6) is 0 Å². The van der Waals surface area contributed by atoms with Gasteiger partial charge in [-0.3, -0.25) is 0 Å². The molecule has 7 heteroatoms. The highest BCUT2D eigenvalue weighted by atomic mass is 35.5. The van der Waals surface area contributed by atoms with E-state index in [4.69, 9.17) is 28.3 Å². The van der Waals surface area contributed by atoms with Gasteiger partial charge in [-0.15, -0.1) is 0 Å². The van der Waals surface area contributed by atoms with Gasteiger partial charge < -0.3 is 15.7 Å². The van der Waals surface area contributed by atoms with E-state index in [0.29, 0.717) is 22.2 Å². The molecule has 0 aromatic heterocycles. The van der Waals surface area contributed by atoms with Crippen molar-refractivity contribution in [3.05, 3.63) is 28.2 Å². The summed E-state index contributed by atoms with van der Waals surface area (Å²) < 4.78 is 0. The molecule has 0 radical (unpaired) electrons. The van der Waals surface area contributed by atoms with E-state index in [2.05, 4.69) is 10.6 Å². The molecule has 0 aliphatic heterocycles. The third-order valence-electron chi connectivity index (χ3n) is 2.63. The first kappa shape index (κ1) is 16.6. The zero-order valence-corrected chi connectivity index (χ0v) is 12.5. The normalized spacial score (nSPS) is 11.8. The van der Waals surface area contributed by atoms with Crippen LogP contribution in [0.1, 0.15) is 26.2 Å². The number of carboxylic acids is 1. The maximum atomic E-state index is 11.7. The SMILES string of the molecule is CCCC[C@H](NC(=O)Nc1ccc(Cl)c(Cl)c1)C(=O)O. The minimum absolute atomic E-state index is 0.310. The van der Waals surface area contributed by atoms with E-state index in [1.807, 2.05) is 6.92 Å². The lowest BCUT2D eigenvalue weighted by molar-refractivity contribution is -0.139. The number of hydrogen-bond donors (Lipinski definition) is 3. The number of carboxylic acid groups (broad SMARTS) is 1. The number of aliphatic carboxylic acids is 1.